The fourth-order valence-electron chi connectivity index (χ4n) is 2.28. The molecule has 0 saturated heterocycles. The van der Waals surface area contributed by atoms with Crippen LogP contribution in [0.5, 0.6) is 0 Å². The molecule has 0 spiro atoms. The second kappa shape index (κ2) is 5.33. The number of nitriles is 1. The number of ether oxygens (including phenoxy) is 3. The Morgan fingerprint density at radius 3 is 2.53 bits per heavy atom. The quantitative estimate of drug-likeness (QED) is 0.837. The fraction of sp³-hybridized carbons (Fsp3) is 0.400. The van der Waals surface area contributed by atoms with E-state index in [2.05, 4.69) is 6.07 Å². The van der Waals surface area contributed by atoms with E-state index in [0.717, 1.165) is 5.56 Å². The van der Waals surface area contributed by atoms with Gasteiger partial charge in [-0.3, -0.25) is 0 Å². The molecular weight excluding hydrogens is 242 g/mol. The summed E-state index contributed by atoms with van der Waals surface area (Å²) in [6.45, 7) is 1.84. The Hall–Kier alpha value is -1.99. The lowest BCUT2D eigenvalue weighted by Crippen LogP contribution is -2.37. The van der Waals surface area contributed by atoms with Gasteiger partial charge in [0.2, 0.25) is 5.79 Å². The fourth-order valence-corrected chi connectivity index (χ4v) is 2.28. The summed E-state index contributed by atoms with van der Waals surface area (Å²) in [5.41, 5.74) is 1.56. The summed E-state index contributed by atoms with van der Waals surface area (Å²) < 4.78 is 16.2. The van der Waals surface area contributed by atoms with Crippen molar-refractivity contribution in [3.05, 3.63) is 47.4 Å². The van der Waals surface area contributed by atoms with Crippen molar-refractivity contribution in [2.24, 2.45) is 0 Å². The Morgan fingerprint density at radius 2 is 2.00 bits per heavy atom. The van der Waals surface area contributed by atoms with Crippen molar-refractivity contribution < 1.29 is 14.2 Å². The summed E-state index contributed by atoms with van der Waals surface area (Å²) >= 11 is 0. The van der Waals surface area contributed by atoms with Gasteiger partial charge in [-0.2, -0.15) is 5.26 Å². The van der Waals surface area contributed by atoms with Gasteiger partial charge in [0.05, 0.1) is 7.11 Å². The van der Waals surface area contributed by atoms with Gasteiger partial charge in [0.15, 0.2) is 0 Å². The number of benzene rings is 1. The Morgan fingerprint density at radius 1 is 1.32 bits per heavy atom. The van der Waals surface area contributed by atoms with E-state index in [-0.39, 0.29) is 11.9 Å². The molecular formula is C15H17NO3. The van der Waals surface area contributed by atoms with Crippen molar-refractivity contribution in [2.45, 2.75) is 25.0 Å². The van der Waals surface area contributed by atoms with Gasteiger partial charge in [-0.15, -0.1) is 0 Å². The second-order valence-corrected chi connectivity index (χ2v) is 4.62. The molecule has 0 bridgehead atoms. The number of nitrogens with zero attached hydrogens (tertiary/aromatic N) is 1. The van der Waals surface area contributed by atoms with Gasteiger partial charge in [0.25, 0.3) is 5.95 Å². The average molecular weight is 259 g/mol. The monoisotopic (exact) mass is 259 g/mol. The third kappa shape index (κ3) is 2.56. The van der Waals surface area contributed by atoms with Crippen molar-refractivity contribution in [1.82, 2.24) is 0 Å². The van der Waals surface area contributed by atoms with E-state index in [0.29, 0.717) is 12.0 Å². The van der Waals surface area contributed by atoms with Crippen molar-refractivity contribution in [1.29, 1.82) is 5.26 Å². The lowest BCUT2D eigenvalue weighted by atomic mass is 9.84. The lowest BCUT2D eigenvalue weighted by Gasteiger charge is -2.37. The van der Waals surface area contributed by atoms with Gasteiger partial charge >= 0.3 is 0 Å². The van der Waals surface area contributed by atoms with Crippen LogP contribution in [0, 0.1) is 11.3 Å². The van der Waals surface area contributed by atoms with Crippen LogP contribution in [0.2, 0.25) is 0 Å². The van der Waals surface area contributed by atoms with E-state index >= 15 is 0 Å². The highest BCUT2D eigenvalue weighted by molar-refractivity contribution is 5.39. The van der Waals surface area contributed by atoms with Crippen LogP contribution in [-0.2, 0) is 14.2 Å². The molecule has 2 atom stereocenters. The molecule has 1 aromatic carbocycles. The topological polar surface area (TPSA) is 51.5 Å². The molecule has 0 saturated carbocycles. The summed E-state index contributed by atoms with van der Waals surface area (Å²) in [6.07, 6.45) is 0.573. The van der Waals surface area contributed by atoms with Gasteiger partial charge in [-0.1, -0.05) is 30.3 Å². The molecule has 4 heteroatoms. The van der Waals surface area contributed by atoms with Crippen LogP contribution < -0.4 is 0 Å². The molecule has 4 nitrogen and oxygen atoms in total. The number of rotatable bonds is 3. The molecule has 0 fully saturated rings. The number of hydrogen-bond acceptors (Lipinski definition) is 4. The Bertz CT molecular complexity index is 518. The molecule has 100 valence electrons. The minimum atomic E-state index is -0.786. The smallest absolute Gasteiger partial charge is 0.296 e. The van der Waals surface area contributed by atoms with Crippen molar-refractivity contribution >= 4 is 0 Å². The molecule has 1 aliphatic rings. The van der Waals surface area contributed by atoms with Crippen molar-refractivity contribution in [3.63, 3.8) is 0 Å². The average Bonchev–Trinajstić information content (AvgIpc) is 2.47. The summed E-state index contributed by atoms with van der Waals surface area (Å²) in [6, 6.07) is 12.0. The minimum absolute atomic E-state index is 0.0835. The van der Waals surface area contributed by atoms with Gasteiger partial charge in [0.1, 0.15) is 11.6 Å². The lowest BCUT2D eigenvalue weighted by molar-refractivity contribution is -0.224. The van der Waals surface area contributed by atoms with E-state index < -0.39 is 5.79 Å². The van der Waals surface area contributed by atoms with Crippen molar-refractivity contribution in [3.8, 4) is 6.07 Å². The number of hydrogen-bond donors (Lipinski definition) is 0. The largest absolute Gasteiger partial charge is 0.468 e. The van der Waals surface area contributed by atoms with Crippen molar-refractivity contribution in [2.75, 3.05) is 14.2 Å². The molecule has 0 radical (unpaired) electrons. The first kappa shape index (κ1) is 13.4. The predicted octanol–water partition coefficient (Wildman–Crippen LogP) is 2.93. The maximum atomic E-state index is 9.36. The molecule has 0 N–H and O–H groups in total. The van der Waals surface area contributed by atoms with Gasteiger partial charge < -0.3 is 14.2 Å². The van der Waals surface area contributed by atoms with Gasteiger partial charge in [-0.25, -0.2) is 0 Å². The molecule has 1 heterocycles. The summed E-state index contributed by atoms with van der Waals surface area (Å²) in [5.74, 6) is -0.626. The van der Waals surface area contributed by atoms with Crippen LogP contribution in [0.1, 0.15) is 24.8 Å². The Labute approximate surface area is 113 Å². The predicted molar refractivity (Wildman–Crippen MR) is 69.9 cm³/mol. The molecule has 0 aliphatic carbocycles. The van der Waals surface area contributed by atoms with Crippen LogP contribution in [0.15, 0.2) is 41.9 Å². The molecule has 19 heavy (non-hydrogen) atoms. The highest BCUT2D eigenvalue weighted by Gasteiger charge is 2.40. The van der Waals surface area contributed by atoms with Crippen LogP contribution in [-0.4, -0.2) is 20.0 Å². The molecule has 0 unspecified atom stereocenters. The summed E-state index contributed by atoms with van der Waals surface area (Å²) in [7, 11) is 3.09. The number of allylic oxidation sites excluding steroid dienone is 1. The maximum absolute atomic E-state index is 9.36. The highest BCUT2D eigenvalue weighted by Crippen LogP contribution is 2.41. The third-order valence-electron chi connectivity index (χ3n) is 3.39. The Balaban J connectivity index is 2.48. The maximum Gasteiger partial charge on any atom is 0.296 e. The zero-order chi connectivity index (χ0) is 13.9. The first-order valence-corrected chi connectivity index (χ1v) is 6.11. The van der Waals surface area contributed by atoms with Gasteiger partial charge in [0, 0.05) is 26.4 Å². The zero-order valence-electron chi connectivity index (χ0n) is 11.3. The van der Waals surface area contributed by atoms with E-state index in [4.69, 9.17) is 14.2 Å². The second-order valence-electron chi connectivity index (χ2n) is 4.62. The highest BCUT2D eigenvalue weighted by atomic mass is 16.8. The first-order chi connectivity index (χ1) is 9.13. The molecule has 1 aromatic rings. The summed E-state index contributed by atoms with van der Waals surface area (Å²) in [5, 5.41) is 9.36. The van der Waals surface area contributed by atoms with Crippen LogP contribution >= 0.6 is 0 Å². The molecule has 0 amide bonds. The van der Waals surface area contributed by atoms with Crippen LogP contribution in [0.3, 0.4) is 0 Å². The summed E-state index contributed by atoms with van der Waals surface area (Å²) in [4.78, 5) is 0. The van der Waals surface area contributed by atoms with E-state index in [1.165, 1.54) is 7.11 Å². The standard InChI is InChI=1S/C15H17NO3/c1-15(18-3)9-12(11-7-5-4-6-8-11)13(10-16)14(17-2)19-15/h4-8,12H,9H2,1-3H3/t12-,15+/m0/s1. The molecule has 2 rings (SSSR count). The van der Waals surface area contributed by atoms with E-state index in [1.807, 2.05) is 37.3 Å². The first-order valence-electron chi connectivity index (χ1n) is 6.11. The third-order valence-corrected chi connectivity index (χ3v) is 3.39. The van der Waals surface area contributed by atoms with Gasteiger partial charge in [-0.05, 0) is 5.56 Å². The Kier molecular flexibility index (Phi) is 3.77. The normalized spacial score (nSPS) is 26.5. The van der Waals surface area contributed by atoms with Crippen LogP contribution in [0.4, 0.5) is 0 Å². The van der Waals surface area contributed by atoms with E-state index in [9.17, 15) is 5.26 Å². The molecule has 0 aromatic heterocycles. The number of methoxy groups -OCH3 is 2. The molecule has 1 aliphatic heterocycles. The van der Waals surface area contributed by atoms with E-state index in [1.54, 1.807) is 7.11 Å². The zero-order valence-corrected chi connectivity index (χ0v) is 11.3. The SMILES string of the molecule is COC1=C(C#N)[C@H](c2ccccc2)C[C@](C)(OC)O1. The van der Waals surface area contributed by atoms with Crippen LogP contribution in [0.25, 0.3) is 0 Å². The minimum Gasteiger partial charge on any atom is -0.468 e.